The monoisotopic (exact) mass is 177 g/mol. The van der Waals surface area contributed by atoms with Gasteiger partial charge in [0, 0.05) is 21.2 Å². The summed E-state index contributed by atoms with van der Waals surface area (Å²) in [5.74, 6) is 1.72. The first kappa shape index (κ1) is 11.0. The largest absolute Gasteiger partial charge is 0.253 e. The van der Waals surface area contributed by atoms with Crippen LogP contribution < -0.4 is 0 Å². The van der Waals surface area contributed by atoms with Gasteiger partial charge in [0.25, 0.3) is 0 Å². The molecule has 0 rings (SSSR count). The van der Waals surface area contributed by atoms with Crippen molar-refractivity contribution in [3.8, 4) is 0 Å². The maximum Gasteiger partial charge on any atom is 0.0441 e. The van der Waals surface area contributed by atoms with Gasteiger partial charge in [-0.3, -0.25) is 4.78 Å². The van der Waals surface area contributed by atoms with Crippen LogP contribution in [0.3, 0.4) is 0 Å². The summed E-state index contributed by atoms with van der Waals surface area (Å²) < 4.78 is 18.8. The Morgan fingerprint density at radius 1 is 1.36 bits per heavy atom. The molecule has 3 heteroatoms. The summed E-state index contributed by atoms with van der Waals surface area (Å²) in [5.41, 5.74) is 0. The van der Waals surface area contributed by atoms with Gasteiger partial charge in [-0.25, -0.2) is 4.21 Å². The molecule has 0 aliphatic carbocycles. The Hall–Kier alpha value is -0.0500. The number of nitrogens with one attached hydrogen (secondary N) is 1. The minimum atomic E-state index is -2.23. The van der Waals surface area contributed by atoms with Crippen molar-refractivity contribution < 1.29 is 4.21 Å². The average molecular weight is 177 g/mol. The molecular weight excluding hydrogens is 158 g/mol. The number of hydrogen-bond donors (Lipinski definition) is 1. The predicted octanol–water partition coefficient (Wildman–Crippen LogP) is 2.49. The van der Waals surface area contributed by atoms with Crippen LogP contribution in [-0.4, -0.2) is 15.7 Å². The molecule has 1 atom stereocenters. The first-order chi connectivity index (χ1) is 4.98. The Morgan fingerprint density at radius 3 is 2.27 bits per heavy atom. The minimum Gasteiger partial charge on any atom is -0.253 e. The first-order valence-electron chi connectivity index (χ1n) is 4.22. The van der Waals surface area contributed by atoms with Gasteiger partial charge in [0.15, 0.2) is 0 Å². The van der Waals surface area contributed by atoms with E-state index in [1.54, 1.807) is 0 Å². The molecule has 0 unspecified atom stereocenters. The van der Waals surface area contributed by atoms with E-state index in [0.717, 1.165) is 12.8 Å². The van der Waals surface area contributed by atoms with Crippen molar-refractivity contribution in [1.82, 2.24) is 0 Å². The molecule has 2 nitrogen and oxygen atoms in total. The summed E-state index contributed by atoms with van der Waals surface area (Å²) in [6.07, 6.45) is 1.78. The summed E-state index contributed by atoms with van der Waals surface area (Å²) in [6.45, 7) is 6.17. The van der Waals surface area contributed by atoms with Gasteiger partial charge in [-0.1, -0.05) is 20.8 Å². The minimum absolute atomic E-state index is 0.568. The third-order valence-corrected chi connectivity index (χ3v) is 3.52. The lowest BCUT2D eigenvalue weighted by atomic mass is 10.2. The van der Waals surface area contributed by atoms with Crippen LogP contribution in [0.4, 0.5) is 0 Å². The van der Waals surface area contributed by atoms with Crippen LogP contribution in [0.25, 0.3) is 0 Å². The first-order valence-corrected chi connectivity index (χ1v) is 6.11. The molecule has 0 spiro atoms. The highest BCUT2D eigenvalue weighted by molar-refractivity contribution is 7.92. The van der Waals surface area contributed by atoms with E-state index in [0.29, 0.717) is 17.4 Å². The number of hydrogen-bond acceptors (Lipinski definition) is 2. The van der Waals surface area contributed by atoms with E-state index in [-0.39, 0.29) is 0 Å². The smallest absolute Gasteiger partial charge is 0.0441 e. The molecule has 0 saturated heterocycles. The topological polar surface area (TPSA) is 40.9 Å². The standard InChI is InChI=1S/C8H19NOS/c1-4-6-11(9,10)7-5-8(2)3/h8-9H,4-7H2,1-3H3/t11-/m0/s1. The SMILES string of the molecule is CCC[S@](=N)(=O)CCC(C)C. The Kier molecular flexibility index (Phi) is 4.73. The van der Waals surface area contributed by atoms with Crippen LogP contribution in [0.5, 0.6) is 0 Å². The molecule has 0 aromatic rings. The molecule has 0 aliphatic heterocycles. The fraction of sp³-hybridized carbons (Fsp3) is 1.00. The van der Waals surface area contributed by atoms with Crippen molar-refractivity contribution in [2.75, 3.05) is 11.5 Å². The zero-order chi connectivity index (χ0) is 8.91. The zero-order valence-electron chi connectivity index (χ0n) is 7.72. The van der Waals surface area contributed by atoms with E-state index in [4.69, 9.17) is 4.78 Å². The van der Waals surface area contributed by atoms with Gasteiger partial charge in [0.05, 0.1) is 0 Å². The summed E-state index contributed by atoms with van der Waals surface area (Å²) in [5, 5.41) is 0. The van der Waals surface area contributed by atoms with Crippen molar-refractivity contribution >= 4 is 9.73 Å². The van der Waals surface area contributed by atoms with Crippen LogP contribution in [0.15, 0.2) is 0 Å². The summed E-state index contributed by atoms with van der Waals surface area (Å²) in [6, 6.07) is 0. The molecule has 1 N–H and O–H groups in total. The predicted molar refractivity (Wildman–Crippen MR) is 50.3 cm³/mol. The van der Waals surface area contributed by atoms with E-state index in [1.807, 2.05) is 6.92 Å². The van der Waals surface area contributed by atoms with Gasteiger partial charge in [-0.2, -0.15) is 0 Å². The van der Waals surface area contributed by atoms with Gasteiger partial charge >= 0.3 is 0 Å². The molecule has 0 radical (unpaired) electrons. The van der Waals surface area contributed by atoms with E-state index in [2.05, 4.69) is 13.8 Å². The molecule has 0 fully saturated rings. The van der Waals surface area contributed by atoms with Gasteiger partial charge in [0.2, 0.25) is 0 Å². The third kappa shape index (κ3) is 6.35. The van der Waals surface area contributed by atoms with Crippen LogP contribution in [0.2, 0.25) is 0 Å². The summed E-state index contributed by atoms with van der Waals surface area (Å²) in [4.78, 5) is 0. The number of rotatable bonds is 5. The summed E-state index contributed by atoms with van der Waals surface area (Å²) >= 11 is 0. The molecule has 68 valence electrons. The molecule has 0 aromatic heterocycles. The lowest BCUT2D eigenvalue weighted by Gasteiger charge is -2.07. The van der Waals surface area contributed by atoms with Gasteiger partial charge in [-0.15, -0.1) is 0 Å². The quantitative estimate of drug-likeness (QED) is 0.688. The fourth-order valence-corrected chi connectivity index (χ4v) is 2.57. The van der Waals surface area contributed by atoms with E-state index in [9.17, 15) is 4.21 Å². The second-order valence-electron chi connectivity index (χ2n) is 3.40. The van der Waals surface area contributed by atoms with Crippen molar-refractivity contribution in [3.05, 3.63) is 0 Å². The Balaban J connectivity index is 3.74. The molecule has 0 amide bonds. The maximum atomic E-state index is 11.4. The average Bonchev–Trinajstić information content (AvgIpc) is 1.84. The van der Waals surface area contributed by atoms with E-state index in [1.165, 1.54) is 0 Å². The fourth-order valence-electron chi connectivity index (χ4n) is 0.858. The van der Waals surface area contributed by atoms with Crippen LogP contribution in [-0.2, 0) is 9.73 Å². The molecule has 0 saturated carbocycles. The second-order valence-corrected chi connectivity index (χ2v) is 5.84. The van der Waals surface area contributed by atoms with Crippen LogP contribution in [0.1, 0.15) is 33.6 Å². The highest BCUT2D eigenvalue weighted by Gasteiger charge is 2.05. The second kappa shape index (κ2) is 4.75. The van der Waals surface area contributed by atoms with E-state index >= 15 is 0 Å². The van der Waals surface area contributed by atoms with Crippen molar-refractivity contribution in [2.45, 2.75) is 33.6 Å². The molecular formula is C8H19NOS. The molecule has 0 aliphatic rings. The van der Waals surface area contributed by atoms with Gasteiger partial charge in [0.1, 0.15) is 0 Å². The van der Waals surface area contributed by atoms with Crippen molar-refractivity contribution in [2.24, 2.45) is 5.92 Å². The highest BCUT2D eigenvalue weighted by Crippen LogP contribution is 2.04. The van der Waals surface area contributed by atoms with Crippen molar-refractivity contribution in [3.63, 3.8) is 0 Å². The van der Waals surface area contributed by atoms with Crippen LogP contribution in [0, 0.1) is 10.7 Å². The Bertz CT molecular complexity index is 182. The Morgan fingerprint density at radius 2 is 1.91 bits per heavy atom. The van der Waals surface area contributed by atoms with Crippen molar-refractivity contribution in [1.29, 1.82) is 4.78 Å². The molecule has 0 heterocycles. The Labute approximate surface area is 70.4 Å². The maximum absolute atomic E-state index is 11.4. The molecule has 0 aromatic carbocycles. The van der Waals surface area contributed by atoms with E-state index < -0.39 is 9.73 Å². The van der Waals surface area contributed by atoms with Crippen LogP contribution >= 0.6 is 0 Å². The molecule has 11 heavy (non-hydrogen) atoms. The third-order valence-electron chi connectivity index (χ3n) is 1.56. The van der Waals surface area contributed by atoms with Gasteiger partial charge in [-0.05, 0) is 18.8 Å². The summed E-state index contributed by atoms with van der Waals surface area (Å²) in [7, 11) is -2.23. The van der Waals surface area contributed by atoms with Gasteiger partial charge < -0.3 is 0 Å². The highest BCUT2D eigenvalue weighted by atomic mass is 32.2. The lowest BCUT2D eigenvalue weighted by molar-refractivity contribution is 0.615. The zero-order valence-corrected chi connectivity index (χ0v) is 8.54. The lowest BCUT2D eigenvalue weighted by Crippen LogP contribution is -2.10. The normalized spacial score (nSPS) is 16.7. The molecule has 0 bridgehead atoms.